The number of anilines is 1. The first-order chi connectivity index (χ1) is 15.6. The van der Waals surface area contributed by atoms with E-state index in [1.165, 1.54) is 12.8 Å². The third-order valence-electron chi connectivity index (χ3n) is 6.82. The number of hydrogen-bond donors (Lipinski definition) is 1. The molecule has 2 saturated heterocycles. The Bertz CT molecular complexity index is 837. The summed E-state index contributed by atoms with van der Waals surface area (Å²) >= 11 is 0. The van der Waals surface area contributed by atoms with E-state index in [-0.39, 0.29) is 17.7 Å². The van der Waals surface area contributed by atoms with Crippen LogP contribution in [0.15, 0.2) is 30.3 Å². The van der Waals surface area contributed by atoms with Crippen LogP contribution in [0.2, 0.25) is 0 Å². The van der Waals surface area contributed by atoms with E-state index in [0.29, 0.717) is 18.9 Å². The number of carbonyl (C=O) groups is 3. The Balaban J connectivity index is 1.14. The van der Waals surface area contributed by atoms with Crippen molar-refractivity contribution in [3.05, 3.63) is 35.9 Å². The summed E-state index contributed by atoms with van der Waals surface area (Å²) in [6, 6.07) is 7.71. The highest BCUT2D eigenvalue weighted by Crippen LogP contribution is 2.27. The van der Waals surface area contributed by atoms with Crippen molar-refractivity contribution >= 4 is 29.5 Å². The van der Waals surface area contributed by atoms with Crippen LogP contribution < -0.4 is 10.2 Å². The fourth-order valence-electron chi connectivity index (χ4n) is 4.88. The molecule has 2 heterocycles. The quantitative estimate of drug-likeness (QED) is 0.663. The van der Waals surface area contributed by atoms with Crippen LogP contribution in [-0.4, -0.2) is 73.3 Å². The zero-order valence-corrected chi connectivity index (χ0v) is 18.8. The van der Waals surface area contributed by atoms with Gasteiger partial charge < -0.3 is 15.1 Å². The highest BCUT2D eigenvalue weighted by Gasteiger charge is 2.29. The zero-order valence-electron chi connectivity index (χ0n) is 18.8. The molecule has 32 heavy (non-hydrogen) atoms. The molecule has 1 saturated carbocycles. The molecule has 3 amide bonds. The van der Waals surface area contributed by atoms with Crippen molar-refractivity contribution in [3.8, 4) is 0 Å². The molecule has 4 rings (SSSR count). The van der Waals surface area contributed by atoms with Gasteiger partial charge in [-0.05, 0) is 43.0 Å². The van der Waals surface area contributed by atoms with Crippen molar-refractivity contribution in [2.75, 3.05) is 50.7 Å². The minimum atomic E-state index is -0.112. The van der Waals surface area contributed by atoms with E-state index in [2.05, 4.69) is 10.2 Å². The maximum Gasteiger partial charge on any atom is 0.244 e. The van der Waals surface area contributed by atoms with Crippen LogP contribution in [0.4, 0.5) is 5.69 Å². The Labute approximate surface area is 190 Å². The van der Waals surface area contributed by atoms with Gasteiger partial charge in [0.1, 0.15) is 0 Å². The van der Waals surface area contributed by atoms with E-state index in [1.54, 1.807) is 12.2 Å². The predicted molar refractivity (Wildman–Crippen MR) is 125 cm³/mol. The first-order valence-corrected chi connectivity index (χ1v) is 12.0. The second kappa shape index (κ2) is 10.8. The number of nitrogens with one attached hydrogen (secondary N) is 1. The van der Waals surface area contributed by atoms with Gasteiger partial charge in [0.15, 0.2) is 0 Å². The molecule has 1 aromatic carbocycles. The number of amides is 3. The summed E-state index contributed by atoms with van der Waals surface area (Å²) in [4.78, 5) is 42.6. The second-order valence-electron chi connectivity index (χ2n) is 9.01. The summed E-state index contributed by atoms with van der Waals surface area (Å²) < 4.78 is 0. The summed E-state index contributed by atoms with van der Waals surface area (Å²) in [7, 11) is 0. The van der Waals surface area contributed by atoms with Crippen LogP contribution in [0.25, 0.3) is 6.08 Å². The number of carbonyl (C=O) groups excluding carboxylic acids is 3. The molecule has 3 aliphatic rings. The van der Waals surface area contributed by atoms with Gasteiger partial charge in [-0.25, -0.2) is 0 Å². The molecule has 0 radical (unpaired) electrons. The molecular weight excluding hydrogens is 404 g/mol. The van der Waals surface area contributed by atoms with Gasteiger partial charge >= 0.3 is 0 Å². The molecule has 7 nitrogen and oxygen atoms in total. The van der Waals surface area contributed by atoms with Crippen molar-refractivity contribution in [1.82, 2.24) is 15.1 Å². The maximum atomic E-state index is 12.5. The third-order valence-corrected chi connectivity index (χ3v) is 6.82. The minimum Gasteiger partial charge on any atom is -0.351 e. The van der Waals surface area contributed by atoms with Gasteiger partial charge in [0.2, 0.25) is 17.7 Å². The lowest BCUT2D eigenvalue weighted by molar-refractivity contribution is -0.137. The molecule has 1 aromatic rings. The summed E-state index contributed by atoms with van der Waals surface area (Å²) in [6.07, 6.45) is 9.37. The molecule has 0 spiro atoms. The van der Waals surface area contributed by atoms with Crippen LogP contribution in [0.3, 0.4) is 0 Å². The van der Waals surface area contributed by atoms with Crippen molar-refractivity contribution in [2.45, 2.75) is 38.5 Å². The van der Waals surface area contributed by atoms with Gasteiger partial charge in [-0.15, -0.1) is 0 Å². The molecule has 1 aliphatic carbocycles. The number of piperazine rings is 1. The normalized spacial score (nSPS) is 20.4. The van der Waals surface area contributed by atoms with Crippen LogP contribution in [-0.2, 0) is 14.4 Å². The van der Waals surface area contributed by atoms with Gasteiger partial charge in [-0.2, -0.15) is 0 Å². The summed E-state index contributed by atoms with van der Waals surface area (Å²) in [5.41, 5.74) is 1.85. The van der Waals surface area contributed by atoms with E-state index in [9.17, 15) is 14.4 Å². The predicted octanol–water partition coefficient (Wildman–Crippen LogP) is 2.28. The first-order valence-electron chi connectivity index (χ1n) is 12.0. The molecule has 0 aromatic heterocycles. The molecule has 7 heteroatoms. The third kappa shape index (κ3) is 5.76. The fourth-order valence-corrected chi connectivity index (χ4v) is 4.88. The van der Waals surface area contributed by atoms with E-state index >= 15 is 0 Å². The SMILES string of the molecule is O=C(/C=C/c1ccc(N2CCCC2=O)cc1)NCCN1CCN(C(=O)C2CCCC2)CC1. The molecule has 0 bridgehead atoms. The molecule has 172 valence electrons. The Morgan fingerprint density at radius 3 is 2.34 bits per heavy atom. The minimum absolute atomic E-state index is 0.112. The standard InChI is InChI=1S/C25H34N4O3/c30-23(12-9-20-7-10-22(11-8-20)29-14-3-6-24(29)31)26-13-15-27-16-18-28(19-17-27)25(32)21-4-1-2-5-21/h7-12,21H,1-6,13-19H2,(H,26,30)/b12-9+. The number of nitrogens with zero attached hydrogens (tertiary/aromatic N) is 3. The summed E-state index contributed by atoms with van der Waals surface area (Å²) in [5.74, 6) is 0.667. The van der Waals surface area contributed by atoms with E-state index in [1.807, 2.05) is 34.1 Å². The smallest absolute Gasteiger partial charge is 0.244 e. The lowest BCUT2D eigenvalue weighted by Gasteiger charge is -2.36. The molecule has 3 fully saturated rings. The number of hydrogen-bond acceptors (Lipinski definition) is 4. The molecule has 1 N–H and O–H groups in total. The molecule has 0 unspecified atom stereocenters. The van der Waals surface area contributed by atoms with Crippen LogP contribution in [0, 0.1) is 5.92 Å². The van der Waals surface area contributed by atoms with Gasteiger partial charge in [-0.1, -0.05) is 25.0 Å². The Kier molecular flexibility index (Phi) is 7.58. The topological polar surface area (TPSA) is 73.0 Å². The number of benzene rings is 1. The molecular formula is C25H34N4O3. The Morgan fingerprint density at radius 1 is 0.969 bits per heavy atom. The highest BCUT2D eigenvalue weighted by molar-refractivity contribution is 5.95. The second-order valence-corrected chi connectivity index (χ2v) is 9.01. The summed E-state index contributed by atoms with van der Waals surface area (Å²) in [6.45, 7) is 5.50. The molecule has 2 aliphatic heterocycles. The van der Waals surface area contributed by atoms with E-state index in [4.69, 9.17) is 0 Å². The molecule has 0 atom stereocenters. The fraction of sp³-hybridized carbons (Fsp3) is 0.560. The van der Waals surface area contributed by atoms with Crippen LogP contribution in [0.5, 0.6) is 0 Å². The van der Waals surface area contributed by atoms with Crippen LogP contribution >= 0.6 is 0 Å². The van der Waals surface area contributed by atoms with Gasteiger partial charge in [-0.3, -0.25) is 19.3 Å². The van der Waals surface area contributed by atoms with Crippen molar-refractivity contribution in [3.63, 3.8) is 0 Å². The van der Waals surface area contributed by atoms with Gasteiger partial charge in [0.25, 0.3) is 0 Å². The van der Waals surface area contributed by atoms with Crippen molar-refractivity contribution < 1.29 is 14.4 Å². The zero-order chi connectivity index (χ0) is 22.3. The van der Waals surface area contributed by atoms with E-state index in [0.717, 1.165) is 69.8 Å². The van der Waals surface area contributed by atoms with Gasteiger partial charge in [0.05, 0.1) is 0 Å². The van der Waals surface area contributed by atoms with Crippen LogP contribution in [0.1, 0.15) is 44.1 Å². The average molecular weight is 439 g/mol. The van der Waals surface area contributed by atoms with Gasteiger partial charge in [0, 0.05) is 69.9 Å². The Morgan fingerprint density at radius 2 is 1.69 bits per heavy atom. The first kappa shape index (κ1) is 22.5. The summed E-state index contributed by atoms with van der Waals surface area (Å²) in [5, 5.41) is 2.94. The monoisotopic (exact) mass is 438 g/mol. The van der Waals surface area contributed by atoms with E-state index < -0.39 is 0 Å². The largest absolute Gasteiger partial charge is 0.351 e. The maximum absolute atomic E-state index is 12.5. The van der Waals surface area contributed by atoms with Crippen molar-refractivity contribution in [1.29, 1.82) is 0 Å². The lowest BCUT2D eigenvalue weighted by atomic mass is 10.1. The van der Waals surface area contributed by atoms with Crippen molar-refractivity contribution in [2.24, 2.45) is 5.92 Å². The average Bonchev–Trinajstić information content (AvgIpc) is 3.50. The number of rotatable bonds is 7. The highest BCUT2D eigenvalue weighted by atomic mass is 16.2. The Hall–Kier alpha value is -2.67. The lowest BCUT2D eigenvalue weighted by Crippen LogP contribution is -2.51.